The van der Waals surface area contributed by atoms with Gasteiger partial charge in [-0.1, -0.05) is 48.5 Å². The lowest BCUT2D eigenvalue weighted by atomic mass is 10.0. The minimum absolute atomic E-state index is 0.00713. The van der Waals surface area contributed by atoms with Crippen LogP contribution >= 0.6 is 0 Å². The summed E-state index contributed by atoms with van der Waals surface area (Å²) < 4.78 is 0. The quantitative estimate of drug-likeness (QED) is 0.663. The number of benzene rings is 2. The van der Waals surface area contributed by atoms with Crippen molar-refractivity contribution in [2.75, 3.05) is 6.54 Å². The summed E-state index contributed by atoms with van der Waals surface area (Å²) >= 11 is 0. The summed E-state index contributed by atoms with van der Waals surface area (Å²) in [6, 6.07) is 17.3. The standard InChI is InChI=1S/C21H25N3O3/c1-15(2)23-19(25)14-22-21(27)18(13-16-9-5-3-6-10-16)24-20(26)17-11-7-4-8-12-17/h3-12,15,18H,13-14H2,1-2H3,(H,22,27)(H,23,25)(H,24,26)/t18-/m1/s1. The van der Waals surface area contributed by atoms with E-state index in [1.807, 2.05) is 50.2 Å². The van der Waals surface area contributed by atoms with E-state index in [9.17, 15) is 14.4 Å². The Bertz CT molecular complexity index is 761. The van der Waals surface area contributed by atoms with Gasteiger partial charge in [-0.2, -0.15) is 0 Å². The monoisotopic (exact) mass is 367 g/mol. The number of carbonyl (C=O) groups excluding carboxylic acids is 3. The molecule has 0 spiro atoms. The molecule has 0 aliphatic carbocycles. The fourth-order valence-electron chi connectivity index (χ4n) is 2.55. The zero-order valence-corrected chi connectivity index (χ0v) is 15.6. The second kappa shape index (κ2) is 10.1. The second-order valence-electron chi connectivity index (χ2n) is 6.52. The third-order valence-electron chi connectivity index (χ3n) is 3.81. The molecular formula is C21H25N3O3. The maximum absolute atomic E-state index is 12.6. The molecule has 6 nitrogen and oxygen atoms in total. The average molecular weight is 367 g/mol. The molecule has 0 radical (unpaired) electrons. The van der Waals surface area contributed by atoms with Crippen molar-refractivity contribution >= 4 is 17.7 Å². The molecule has 0 saturated carbocycles. The molecule has 2 aromatic rings. The zero-order chi connectivity index (χ0) is 19.6. The number of hydrogen-bond donors (Lipinski definition) is 3. The molecule has 3 amide bonds. The van der Waals surface area contributed by atoms with Gasteiger partial charge in [0.1, 0.15) is 6.04 Å². The van der Waals surface area contributed by atoms with Crippen molar-refractivity contribution in [3.8, 4) is 0 Å². The van der Waals surface area contributed by atoms with Gasteiger partial charge in [0.25, 0.3) is 5.91 Å². The lowest BCUT2D eigenvalue weighted by molar-refractivity contribution is -0.127. The van der Waals surface area contributed by atoms with E-state index in [1.165, 1.54) is 0 Å². The van der Waals surface area contributed by atoms with Crippen LogP contribution in [0.1, 0.15) is 29.8 Å². The maximum atomic E-state index is 12.6. The lowest BCUT2D eigenvalue weighted by Gasteiger charge is -2.19. The Labute approximate surface area is 159 Å². The fourth-order valence-corrected chi connectivity index (χ4v) is 2.55. The van der Waals surface area contributed by atoms with Crippen LogP contribution in [0.5, 0.6) is 0 Å². The van der Waals surface area contributed by atoms with Crippen LogP contribution in [0.4, 0.5) is 0 Å². The summed E-state index contributed by atoms with van der Waals surface area (Å²) in [4.78, 5) is 36.8. The Morgan fingerprint density at radius 2 is 1.44 bits per heavy atom. The first-order chi connectivity index (χ1) is 13.0. The number of nitrogens with one attached hydrogen (secondary N) is 3. The first kappa shape index (κ1) is 20.2. The Morgan fingerprint density at radius 1 is 0.852 bits per heavy atom. The molecular weight excluding hydrogens is 342 g/mol. The van der Waals surface area contributed by atoms with Gasteiger partial charge < -0.3 is 16.0 Å². The van der Waals surface area contributed by atoms with E-state index < -0.39 is 11.9 Å². The molecule has 142 valence electrons. The summed E-state index contributed by atoms with van der Waals surface area (Å²) in [6.07, 6.45) is 0.330. The molecule has 0 unspecified atom stereocenters. The van der Waals surface area contributed by atoms with Crippen LogP contribution in [0.3, 0.4) is 0 Å². The van der Waals surface area contributed by atoms with E-state index in [2.05, 4.69) is 16.0 Å². The van der Waals surface area contributed by atoms with Gasteiger partial charge in [0.15, 0.2) is 0 Å². The first-order valence-electron chi connectivity index (χ1n) is 8.92. The van der Waals surface area contributed by atoms with Crippen molar-refractivity contribution in [1.82, 2.24) is 16.0 Å². The summed E-state index contributed by atoms with van der Waals surface area (Å²) in [5.41, 5.74) is 1.39. The van der Waals surface area contributed by atoms with Crippen LogP contribution in [0, 0.1) is 0 Å². The number of amides is 3. The maximum Gasteiger partial charge on any atom is 0.251 e. The van der Waals surface area contributed by atoms with Crippen LogP contribution in [-0.2, 0) is 16.0 Å². The Morgan fingerprint density at radius 3 is 2.04 bits per heavy atom. The van der Waals surface area contributed by atoms with E-state index >= 15 is 0 Å². The van der Waals surface area contributed by atoms with Gasteiger partial charge in [-0.25, -0.2) is 0 Å². The van der Waals surface area contributed by atoms with E-state index in [1.54, 1.807) is 24.3 Å². The van der Waals surface area contributed by atoms with Crippen molar-refractivity contribution < 1.29 is 14.4 Å². The highest BCUT2D eigenvalue weighted by atomic mass is 16.2. The number of carbonyl (C=O) groups is 3. The smallest absolute Gasteiger partial charge is 0.251 e. The van der Waals surface area contributed by atoms with Crippen LogP contribution < -0.4 is 16.0 Å². The van der Waals surface area contributed by atoms with Crippen LogP contribution in [0.2, 0.25) is 0 Å². The number of rotatable bonds is 8. The van der Waals surface area contributed by atoms with Crippen LogP contribution in [0.25, 0.3) is 0 Å². The van der Waals surface area contributed by atoms with Crippen molar-refractivity contribution in [3.05, 3.63) is 71.8 Å². The first-order valence-corrected chi connectivity index (χ1v) is 8.92. The largest absolute Gasteiger partial charge is 0.352 e. The molecule has 27 heavy (non-hydrogen) atoms. The van der Waals surface area contributed by atoms with Crippen molar-refractivity contribution in [2.24, 2.45) is 0 Å². The highest BCUT2D eigenvalue weighted by molar-refractivity contribution is 5.98. The highest BCUT2D eigenvalue weighted by Crippen LogP contribution is 2.06. The fraction of sp³-hybridized carbons (Fsp3) is 0.286. The van der Waals surface area contributed by atoms with Gasteiger partial charge in [-0.15, -0.1) is 0 Å². The van der Waals surface area contributed by atoms with Gasteiger partial charge in [-0.3, -0.25) is 14.4 Å². The number of hydrogen-bond acceptors (Lipinski definition) is 3. The van der Waals surface area contributed by atoms with E-state index in [0.717, 1.165) is 5.56 Å². The molecule has 0 aliphatic rings. The minimum atomic E-state index is -0.785. The molecule has 6 heteroatoms. The van der Waals surface area contributed by atoms with Crippen molar-refractivity contribution in [1.29, 1.82) is 0 Å². The van der Waals surface area contributed by atoms with Crippen molar-refractivity contribution in [2.45, 2.75) is 32.4 Å². The molecule has 2 aromatic carbocycles. The molecule has 3 N–H and O–H groups in total. The summed E-state index contributed by atoms with van der Waals surface area (Å²) in [7, 11) is 0. The van der Waals surface area contributed by atoms with Crippen molar-refractivity contribution in [3.63, 3.8) is 0 Å². The predicted molar refractivity (Wildman–Crippen MR) is 104 cm³/mol. The molecule has 0 saturated heterocycles. The molecule has 2 rings (SSSR count). The lowest BCUT2D eigenvalue weighted by Crippen LogP contribution is -2.50. The van der Waals surface area contributed by atoms with Gasteiger partial charge >= 0.3 is 0 Å². The SMILES string of the molecule is CC(C)NC(=O)CNC(=O)[C@@H](Cc1ccccc1)NC(=O)c1ccccc1. The third kappa shape index (κ3) is 6.93. The predicted octanol–water partition coefficient (Wildman–Crippen LogP) is 1.67. The molecule has 0 bridgehead atoms. The zero-order valence-electron chi connectivity index (χ0n) is 15.6. The Balaban J connectivity index is 2.05. The van der Waals surface area contributed by atoms with Crippen LogP contribution in [0.15, 0.2) is 60.7 Å². The summed E-state index contributed by atoms with van der Waals surface area (Å²) in [5.74, 6) is -1.01. The summed E-state index contributed by atoms with van der Waals surface area (Å²) in [6.45, 7) is 3.56. The van der Waals surface area contributed by atoms with Crippen LogP contribution in [-0.4, -0.2) is 36.3 Å². The molecule has 0 fully saturated rings. The topological polar surface area (TPSA) is 87.3 Å². The molecule has 0 aliphatic heterocycles. The highest BCUT2D eigenvalue weighted by Gasteiger charge is 2.22. The van der Waals surface area contributed by atoms with E-state index in [-0.39, 0.29) is 24.4 Å². The Hall–Kier alpha value is -3.15. The van der Waals surface area contributed by atoms with E-state index in [0.29, 0.717) is 12.0 Å². The van der Waals surface area contributed by atoms with Gasteiger partial charge in [0.05, 0.1) is 6.54 Å². The molecule has 1 atom stereocenters. The van der Waals surface area contributed by atoms with Gasteiger partial charge in [0.2, 0.25) is 11.8 Å². The normalized spacial score (nSPS) is 11.5. The summed E-state index contributed by atoms with van der Waals surface area (Å²) in [5, 5.41) is 8.08. The molecule has 0 heterocycles. The Kier molecular flexibility index (Phi) is 7.55. The minimum Gasteiger partial charge on any atom is -0.352 e. The van der Waals surface area contributed by atoms with Gasteiger partial charge in [0, 0.05) is 18.0 Å². The van der Waals surface area contributed by atoms with E-state index in [4.69, 9.17) is 0 Å². The second-order valence-corrected chi connectivity index (χ2v) is 6.52. The average Bonchev–Trinajstić information content (AvgIpc) is 2.66. The van der Waals surface area contributed by atoms with Gasteiger partial charge in [-0.05, 0) is 31.5 Å². The molecule has 0 aromatic heterocycles. The third-order valence-corrected chi connectivity index (χ3v) is 3.81.